The highest BCUT2D eigenvalue weighted by Crippen LogP contribution is 2.21. The number of amides is 1. The lowest BCUT2D eigenvalue weighted by Crippen LogP contribution is -2.47. The van der Waals surface area contributed by atoms with Crippen LogP contribution >= 0.6 is 0 Å². The zero-order chi connectivity index (χ0) is 11.5. The van der Waals surface area contributed by atoms with Crippen molar-refractivity contribution < 1.29 is 4.79 Å². The molecule has 0 aromatic heterocycles. The molecule has 2 rings (SSSR count). The molecule has 1 heterocycles. The summed E-state index contributed by atoms with van der Waals surface area (Å²) in [6, 6.07) is 0. The van der Waals surface area contributed by atoms with Gasteiger partial charge in [-0.05, 0) is 25.8 Å². The summed E-state index contributed by atoms with van der Waals surface area (Å²) >= 11 is 0. The second-order valence-corrected chi connectivity index (χ2v) is 4.32. The van der Waals surface area contributed by atoms with Crippen molar-refractivity contribution >= 4 is 5.91 Å². The van der Waals surface area contributed by atoms with Gasteiger partial charge in [-0.1, -0.05) is 23.8 Å². The van der Waals surface area contributed by atoms with Crippen molar-refractivity contribution in [2.45, 2.75) is 20.3 Å². The average Bonchev–Trinajstić information content (AvgIpc) is 2.40. The second kappa shape index (κ2) is 4.66. The molecular weight excluding hydrogens is 200 g/mol. The maximum Gasteiger partial charge on any atom is 0.240 e. The fourth-order valence-corrected chi connectivity index (χ4v) is 2.18. The van der Waals surface area contributed by atoms with E-state index in [2.05, 4.69) is 37.4 Å². The van der Waals surface area contributed by atoms with Crippen molar-refractivity contribution in [3.8, 4) is 0 Å². The molecule has 3 nitrogen and oxygen atoms in total. The Kier molecular flexibility index (Phi) is 3.25. The van der Waals surface area contributed by atoms with Gasteiger partial charge in [-0.3, -0.25) is 4.79 Å². The minimum absolute atomic E-state index is 0.171. The molecule has 0 spiro atoms. The van der Waals surface area contributed by atoms with Crippen LogP contribution in [0.3, 0.4) is 0 Å². The van der Waals surface area contributed by atoms with Gasteiger partial charge >= 0.3 is 0 Å². The van der Waals surface area contributed by atoms with E-state index in [9.17, 15) is 4.79 Å². The molecule has 1 amide bonds. The molecule has 1 saturated heterocycles. The van der Waals surface area contributed by atoms with Gasteiger partial charge in [0.25, 0.3) is 0 Å². The molecule has 1 N–H and O–H groups in total. The zero-order valence-corrected chi connectivity index (χ0v) is 9.92. The molecule has 0 aromatic rings. The van der Waals surface area contributed by atoms with Crippen molar-refractivity contribution in [1.82, 2.24) is 10.2 Å². The molecule has 16 heavy (non-hydrogen) atoms. The molecule has 1 aliphatic heterocycles. The van der Waals surface area contributed by atoms with Gasteiger partial charge in [-0.25, -0.2) is 0 Å². The molecular formula is C13H18N2O. The van der Waals surface area contributed by atoms with Gasteiger partial charge in [0.1, 0.15) is 0 Å². The number of carbonyl (C=O) groups excluding carboxylic acids is 1. The van der Waals surface area contributed by atoms with Crippen molar-refractivity contribution in [3.63, 3.8) is 0 Å². The summed E-state index contributed by atoms with van der Waals surface area (Å²) < 4.78 is 0. The highest BCUT2D eigenvalue weighted by molar-refractivity contribution is 5.81. The Balaban J connectivity index is 2.23. The maximum absolute atomic E-state index is 11.8. The van der Waals surface area contributed by atoms with Crippen LogP contribution in [0.1, 0.15) is 20.3 Å². The Bertz CT molecular complexity index is 391. The van der Waals surface area contributed by atoms with Crippen LogP contribution in [0, 0.1) is 0 Å². The molecule has 1 aliphatic carbocycles. The number of allylic oxidation sites excluding steroid dienone is 5. The molecule has 3 heteroatoms. The summed E-state index contributed by atoms with van der Waals surface area (Å²) in [6.45, 7) is 6.28. The lowest BCUT2D eigenvalue weighted by Gasteiger charge is -2.30. The number of nitrogens with zero attached hydrogens (tertiary/aromatic N) is 1. The smallest absolute Gasteiger partial charge is 0.240 e. The van der Waals surface area contributed by atoms with E-state index in [4.69, 9.17) is 0 Å². The topological polar surface area (TPSA) is 32.3 Å². The van der Waals surface area contributed by atoms with Gasteiger partial charge in [0.05, 0.1) is 6.54 Å². The Labute approximate surface area is 96.5 Å². The fourth-order valence-electron chi connectivity index (χ4n) is 2.18. The molecule has 86 valence electrons. The van der Waals surface area contributed by atoms with Crippen LogP contribution in [0.25, 0.3) is 0 Å². The Morgan fingerprint density at radius 2 is 2.12 bits per heavy atom. The molecule has 0 saturated carbocycles. The summed E-state index contributed by atoms with van der Waals surface area (Å²) in [7, 11) is 0. The molecule has 2 aliphatic rings. The number of nitrogens with one attached hydrogen (secondary N) is 1. The maximum atomic E-state index is 11.8. The van der Waals surface area contributed by atoms with Crippen LogP contribution in [0.4, 0.5) is 0 Å². The number of carbonyl (C=O) groups is 1. The number of rotatable bonds is 1. The zero-order valence-electron chi connectivity index (χ0n) is 9.92. The number of piperazine rings is 1. The third kappa shape index (κ3) is 2.25. The Morgan fingerprint density at radius 3 is 2.88 bits per heavy atom. The van der Waals surface area contributed by atoms with Crippen LogP contribution in [0.5, 0.6) is 0 Å². The highest BCUT2D eigenvalue weighted by Gasteiger charge is 2.22. The molecule has 0 atom stereocenters. The van der Waals surface area contributed by atoms with E-state index < -0.39 is 0 Å². The lowest BCUT2D eigenvalue weighted by molar-refractivity contribution is -0.129. The van der Waals surface area contributed by atoms with Crippen molar-refractivity contribution in [2.75, 3.05) is 19.6 Å². The summed E-state index contributed by atoms with van der Waals surface area (Å²) in [6.07, 6.45) is 7.38. The first-order chi connectivity index (χ1) is 7.68. The third-order valence-electron chi connectivity index (χ3n) is 2.98. The Hall–Kier alpha value is -1.35. The quantitative estimate of drug-likeness (QED) is 0.725. The van der Waals surface area contributed by atoms with E-state index in [-0.39, 0.29) is 5.91 Å². The Morgan fingerprint density at radius 1 is 1.31 bits per heavy atom. The van der Waals surface area contributed by atoms with Crippen molar-refractivity contribution in [3.05, 3.63) is 35.1 Å². The first-order valence-corrected chi connectivity index (χ1v) is 5.75. The van der Waals surface area contributed by atoms with E-state index in [1.165, 1.54) is 11.1 Å². The molecule has 0 radical (unpaired) electrons. The third-order valence-corrected chi connectivity index (χ3v) is 2.98. The van der Waals surface area contributed by atoms with E-state index in [1.54, 1.807) is 0 Å². The molecule has 0 unspecified atom stereocenters. The molecule has 0 bridgehead atoms. The van der Waals surface area contributed by atoms with Gasteiger partial charge in [-0.2, -0.15) is 0 Å². The normalized spacial score (nSPS) is 22.2. The van der Waals surface area contributed by atoms with Crippen LogP contribution in [-0.4, -0.2) is 30.4 Å². The predicted octanol–water partition coefficient (Wildman–Crippen LogP) is 1.60. The van der Waals surface area contributed by atoms with E-state index in [0.29, 0.717) is 6.54 Å². The second-order valence-electron chi connectivity index (χ2n) is 4.32. The van der Waals surface area contributed by atoms with Crippen LogP contribution < -0.4 is 5.32 Å². The van der Waals surface area contributed by atoms with Crippen molar-refractivity contribution in [2.24, 2.45) is 0 Å². The summed E-state index contributed by atoms with van der Waals surface area (Å²) in [5, 5.41) is 3.09. The summed E-state index contributed by atoms with van der Waals surface area (Å²) in [5.41, 5.74) is 3.53. The largest absolute Gasteiger partial charge is 0.310 e. The van der Waals surface area contributed by atoms with Gasteiger partial charge in [-0.15, -0.1) is 0 Å². The van der Waals surface area contributed by atoms with Crippen molar-refractivity contribution in [1.29, 1.82) is 0 Å². The first kappa shape index (κ1) is 11.1. The monoisotopic (exact) mass is 218 g/mol. The van der Waals surface area contributed by atoms with E-state index in [0.717, 1.165) is 25.2 Å². The SMILES string of the molecule is CC1=CCC=C(N2CCNCC2=O)C(C)=C1. The predicted molar refractivity (Wildman–Crippen MR) is 64.8 cm³/mol. The van der Waals surface area contributed by atoms with E-state index >= 15 is 0 Å². The highest BCUT2D eigenvalue weighted by atomic mass is 16.2. The standard InChI is InChI=1S/C13H18N2O/c1-10-4-3-5-12(11(2)8-10)15-7-6-14-9-13(15)16/h4-5,8,14H,3,6-7,9H2,1-2H3. The first-order valence-electron chi connectivity index (χ1n) is 5.75. The van der Waals surface area contributed by atoms with Gasteiger partial charge in [0.2, 0.25) is 5.91 Å². The van der Waals surface area contributed by atoms with Gasteiger partial charge in [0.15, 0.2) is 0 Å². The lowest BCUT2D eigenvalue weighted by atomic mass is 10.1. The summed E-state index contributed by atoms with van der Waals surface area (Å²) in [5.74, 6) is 0.171. The van der Waals surface area contributed by atoms with Crippen LogP contribution in [0.2, 0.25) is 0 Å². The fraction of sp³-hybridized carbons (Fsp3) is 0.462. The van der Waals surface area contributed by atoms with Crippen LogP contribution in [-0.2, 0) is 4.79 Å². The van der Waals surface area contributed by atoms with Crippen LogP contribution in [0.15, 0.2) is 35.1 Å². The van der Waals surface area contributed by atoms with E-state index in [1.807, 2.05) is 4.90 Å². The van der Waals surface area contributed by atoms with Gasteiger partial charge in [0, 0.05) is 18.8 Å². The number of hydrogen-bond acceptors (Lipinski definition) is 2. The summed E-state index contributed by atoms with van der Waals surface area (Å²) in [4.78, 5) is 13.7. The molecule has 1 fully saturated rings. The molecule has 0 aromatic carbocycles. The minimum atomic E-state index is 0.171. The minimum Gasteiger partial charge on any atom is -0.310 e. The number of hydrogen-bond donors (Lipinski definition) is 1. The van der Waals surface area contributed by atoms with Gasteiger partial charge < -0.3 is 10.2 Å². The average molecular weight is 218 g/mol.